The summed E-state index contributed by atoms with van der Waals surface area (Å²) in [5, 5.41) is 0. The highest BCUT2D eigenvalue weighted by molar-refractivity contribution is 5.66. The fourth-order valence-electron chi connectivity index (χ4n) is 10.6. The molecule has 35 heavy (non-hydrogen) atoms. The van der Waals surface area contributed by atoms with Crippen LogP contribution in [0.25, 0.3) is 0 Å². The van der Waals surface area contributed by atoms with E-state index in [1.807, 2.05) is 0 Å². The van der Waals surface area contributed by atoms with Crippen molar-refractivity contribution in [1.29, 1.82) is 0 Å². The lowest BCUT2D eigenvalue weighted by molar-refractivity contribution is -0.172. The van der Waals surface area contributed by atoms with Crippen LogP contribution in [0.4, 0.5) is 0 Å². The van der Waals surface area contributed by atoms with Gasteiger partial charge in [-0.15, -0.1) is 0 Å². The minimum Gasteiger partial charge on any atom is -0.462 e. The van der Waals surface area contributed by atoms with Gasteiger partial charge in [-0.25, -0.2) is 0 Å². The van der Waals surface area contributed by atoms with Crippen LogP contribution in [0.2, 0.25) is 0 Å². The summed E-state index contributed by atoms with van der Waals surface area (Å²) >= 11 is 0. The van der Waals surface area contributed by atoms with Crippen molar-refractivity contribution in [2.24, 2.45) is 58.2 Å². The van der Waals surface area contributed by atoms with Gasteiger partial charge in [0.25, 0.3) is 0 Å². The van der Waals surface area contributed by atoms with E-state index >= 15 is 0 Å². The van der Waals surface area contributed by atoms with Gasteiger partial charge in [-0.2, -0.15) is 0 Å². The second kappa shape index (κ2) is 9.95. The average Bonchev–Trinajstić information content (AvgIpc) is 3.52. The molecular formula is C32H54O3. The van der Waals surface area contributed by atoms with Crippen LogP contribution in [0.3, 0.4) is 0 Å². The standard InChI is InChI=1S/C32H54O3/c1-20(2)8-7-9-21(3)27-12-13-28-26-11-10-24-17-30(35-22(4)33)23(16-25-19-34-25)18-32(24,6)29(26)14-15-31(27,28)5/h20-21,23-30H,7-19H2,1-6H3/t21-,23-,24+,25-,26+,27-,28+,29+,30-,31-,32+/m1/s1. The molecule has 4 saturated carbocycles. The zero-order chi connectivity index (χ0) is 25.0. The largest absolute Gasteiger partial charge is 0.462 e. The van der Waals surface area contributed by atoms with Gasteiger partial charge in [0.15, 0.2) is 0 Å². The number of hydrogen-bond donors (Lipinski definition) is 0. The Hall–Kier alpha value is -0.570. The van der Waals surface area contributed by atoms with Crippen LogP contribution >= 0.6 is 0 Å². The zero-order valence-electron chi connectivity index (χ0n) is 23.7. The molecule has 200 valence electrons. The van der Waals surface area contributed by atoms with Crippen LogP contribution in [-0.2, 0) is 14.3 Å². The van der Waals surface area contributed by atoms with Gasteiger partial charge >= 0.3 is 5.97 Å². The maximum atomic E-state index is 11.9. The fraction of sp³-hybridized carbons (Fsp3) is 0.969. The number of fused-ring (bicyclic) bond motifs is 5. The molecule has 1 saturated heterocycles. The molecule has 0 aromatic rings. The summed E-state index contributed by atoms with van der Waals surface area (Å²) in [4.78, 5) is 11.9. The van der Waals surface area contributed by atoms with Crippen molar-refractivity contribution in [3.8, 4) is 0 Å². The average molecular weight is 487 g/mol. The van der Waals surface area contributed by atoms with E-state index in [0.717, 1.165) is 60.9 Å². The highest BCUT2D eigenvalue weighted by Gasteiger charge is 2.61. The van der Waals surface area contributed by atoms with Gasteiger partial charge in [0.1, 0.15) is 6.10 Å². The van der Waals surface area contributed by atoms with Crippen molar-refractivity contribution in [3.63, 3.8) is 0 Å². The van der Waals surface area contributed by atoms with E-state index in [-0.39, 0.29) is 12.1 Å². The molecule has 0 radical (unpaired) electrons. The first-order valence-electron chi connectivity index (χ1n) is 15.4. The Balaban J connectivity index is 1.30. The van der Waals surface area contributed by atoms with Crippen LogP contribution in [-0.4, -0.2) is 24.8 Å². The van der Waals surface area contributed by atoms with E-state index in [1.54, 1.807) is 6.92 Å². The number of hydrogen-bond acceptors (Lipinski definition) is 3. The summed E-state index contributed by atoms with van der Waals surface area (Å²) in [6.45, 7) is 15.2. The highest BCUT2D eigenvalue weighted by Crippen LogP contribution is 2.69. The molecule has 5 aliphatic rings. The number of ether oxygens (including phenoxy) is 2. The second-order valence-corrected chi connectivity index (χ2v) is 14.7. The number of epoxide rings is 1. The molecule has 0 N–H and O–H groups in total. The second-order valence-electron chi connectivity index (χ2n) is 14.7. The summed E-state index contributed by atoms with van der Waals surface area (Å²) in [7, 11) is 0. The molecule has 5 rings (SSSR count). The van der Waals surface area contributed by atoms with Gasteiger partial charge < -0.3 is 9.47 Å². The molecule has 4 aliphatic carbocycles. The lowest BCUT2D eigenvalue weighted by Crippen LogP contribution is -2.56. The molecule has 0 unspecified atom stereocenters. The third-order valence-electron chi connectivity index (χ3n) is 12.3. The molecule has 1 aliphatic heterocycles. The molecule has 0 aromatic carbocycles. The van der Waals surface area contributed by atoms with E-state index in [9.17, 15) is 4.79 Å². The van der Waals surface area contributed by atoms with Crippen LogP contribution in [0, 0.1) is 58.2 Å². The maximum Gasteiger partial charge on any atom is 0.302 e. The minimum atomic E-state index is -0.0954. The summed E-state index contributed by atoms with van der Waals surface area (Å²) in [6.07, 6.45) is 16.8. The summed E-state index contributed by atoms with van der Waals surface area (Å²) in [6, 6.07) is 0. The first kappa shape index (κ1) is 26.1. The normalized spacial score (nSPS) is 47.5. The zero-order valence-corrected chi connectivity index (χ0v) is 23.7. The summed E-state index contributed by atoms with van der Waals surface area (Å²) < 4.78 is 11.6. The molecule has 5 fully saturated rings. The van der Waals surface area contributed by atoms with E-state index in [1.165, 1.54) is 64.2 Å². The van der Waals surface area contributed by atoms with Crippen LogP contribution < -0.4 is 0 Å². The lowest BCUT2D eigenvalue weighted by atomic mass is 9.43. The Morgan fingerprint density at radius 1 is 1.00 bits per heavy atom. The third-order valence-corrected chi connectivity index (χ3v) is 12.3. The van der Waals surface area contributed by atoms with Gasteiger partial charge in [-0.1, -0.05) is 53.9 Å². The van der Waals surface area contributed by atoms with E-state index in [0.29, 0.717) is 22.9 Å². The van der Waals surface area contributed by atoms with Crippen molar-refractivity contribution in [2.75, 3.05) is 6.61 Å². The molecule has 0 aromatic heterocycles. The van der Waals surface area contributed by atoms with Gasteiger partial charge in [-0.3, -0.25) is 4.79 Å². The molecule has 0 spiro atoms. The SMILES string of the molecule is CC(=O)O[C@@H]1C[C@@H]2CC[C@@H]3[C@H](CC[C@]4(C)[C@@H]([C@H](C)CCCC(C)C)CC[C@@H]34)[C@@]2(C)C[C@H]1C[C@@H]1CO1. The molecule has 3 heteroatoms. The predicted molar refractivity (Wildman–Crippen MR) is 142 cm³/mol. The van der Waals surface area contributed by atoms with Crippen molar-refractivity contribution < 1.29 is 14.3 Å². The highest BCUT2D eigenvalue weighted by atomic mass is 16.6. The molecule has 3 nitrogen and oxygen atoms in total. The topological polar surface area (TPSA) is 38.8 Å². The number of carbonyl (C=O) groups is 1. The molecule has 1 heterocycles. The van der Waals surface area contributed by atoms with E-state index in [4.69, 9.17) is 9.47 Å². The van der Waals surface area contributed by atoms with Gasteiger partial charge in [0.05, 0.1) is 12.7 Å². The fourth-order valence-corrected chi connectivity index (χ4v) is 10.6. The Bertz CT molecular complexity index is 758. The molecule has 11 atom stereocenters. The van der Waals surface area contributed by atoms with Crippen LogP contribution in [0.15, 0.2) is 0 Å². The molecular weight excluding hydrogens is 432 g/mol. The van der Waals surface area contributed by atoms with Crippen molar-refractivity contribution in [1.82, 2.24) is 0 Å². The van der Waals surface area contributed by atoms with Gasteiger partial charge in [-0.05, 0) is 116 Å². The Morgan fingerprint density at radius 3 is 2.43 bits per heavy atom. The Morgan fingerprint density at radius 2 is 1.74 bits per heavy atom. The van der Waals surface area contributed by atoms with Crippen molar-refractivity contribution >= 4 is 5.97 Å². The predicted octanol–water partition coefficient (Wildman–Crippen LogP) is 8.05. The number of rotatable bonds is 8. The van der Waals surface area contributed by atoms with Crippen molar-refractivity contribution in [2.45, 2.75) is 131 Å². The first-order chi connectivity index (χ1) is 16.6. The van der Waals surface area contributed by atoms with Gasteiger partial charge in [0, 0.05) is 6.92 Å². The van der Waals surface area contributed by atoms with Crippen LogP contribution in [0.5, 0.6) is 0 Å². The molecule has 0 bridgehead atoms. The summed E-state index contributed by atoms with van der Waals surface area (Å²) in [5.41, 5.74) is 0.985. The third kappa shape index (κ3) is 4.98. The smallest absolute Gasteiger partial charge is 0.302 e. The monoisotopic (exact) mass is 486 g/mol. The van der Waals surface area contributed by atoms with E-state index in [2.05, 4.69) is 34.6 Å². The lowest BCUT2D eigenvalue weighted by Gasteiger charge is -2.62. The minimum absolute atomic E-state index is 0.0954. The van der Waals surface area contributed by atoms with Crippen LogP contribution in [0.1, 0.15) is 119 Å². The Kier molecular flexibility index (Phi) is 7.41. The maximum absolute atomic E-state index is 11.9. The van der Waals surface area contributed by atoms with E-state index < -0.39 is 0 Å². The van der Waals surface area contributed by atoms with Crippen molar-refractivity contribution in [3.05, 3.63) is 0 Å². The summed E-state index contributed by atoms with van der Waals surface area (Å²) in [5.74, 6) is 6.50. The van der Waals surface area contributed by atoms with Gasteiger partial charge in [0.2, 0.25) is 0 Å². The number of esters is 1. The molecule has 0 amide bonds. The Labute approximate surface area is 215 Å². The number of carbonyl (C=O) groups excluding carboxylic acids is 1. The quantitative estimate of drug-likeness (QED) is 0.257. The first-order valence-corrected chi connectivity index (χ1v) is 15.4.